The zero-order valence-corrected chi connectivity index (χ0v) is 14.8. The van der Waals surface area contributed by atoms with Crippen molar-refractivity contribution in [2.24, 2.45) is 0 Å². The molecule has 1 N–H and O–H groups in total. The molecule has 1 aliphatic carbocycles. The van der Waals surface area contributed by atoms with Crippen LogP contribution in [0.15, 0.2) is 29.2 Å². The Hall–Kier alpha value is -1.44. The Morgan fingerprint density at radius 2 is 1.83 bits per heavy atom. The van der Waals surface area contributed by atoms with E-state index in [2.05, 4.69) is 5.43 Å². The smallest absolute Gasteiger partial charge is 0.258 e. The van der Waals surface area contributed by atoms with Gasteiger partial charge in [-0.15, -0.1) is 0 Å². The van der Waals surface area contributed by atoms with Gasteiger partial charge in [0.25, 0.3) is 5.91 Å². The fraction of sp³-hybridized carbons (Fsp3) is 0.588. The van der Waals surface area contributed by atoms with Crippen LogP contribution >= 0.6 is 0 Å². The van der Waals surface area contributed by atoms with Crippen LogP contribution in [0.4, 0.5) is 0 Å². The average molecular weight is 352 g/mol. The van der Waals surface area contributed by atoms with Crippen LogP contribution < -0.4 is 5.43 Å². The third-order valence-corrected chi connectivity index (χ3v) is 7.40. The molecule has 2 fully saturated rings. The van der Waals surface area contributed by atoms with Crippen molar-refractivity contribution in [3.8, 4) is 0 Å². The highest BCUT2D eigenvalue weighted by Crippen LogP contribution is 2.41. The molecule has 0 bridgehead atoms. The number of nitrogens with one attached hydrogen (secondary N) is 1. The molecule has 1 heterocycles. The quantitative estimate of drug-likeness (QED) is 0.891. The Morgan fingerprint density at radius 1 is 1.17 bits per heavy atom. The Balaban J connectivity index is 1.98. The molecule has 7 heteroatoms. The number of nitrogens with zero attached hydrogens (tertiary/aromatic N) is 1. The molecule has 132 valence electrons. The predicted octanol–water partition coefficient (Wildman–Crippen LogP) is 1.44. The lowest BCUT2D eigenvalue weighted by Gasteiger charge is -2.33. The first-order valence-electron chi connectivity index (χ1n) is 8.42. The van der Waals surface area contributed by atoms with E-state index >= 15 is 0 Å². The van der Waals surface area contributed by atoms with Gasteiger partial charge in [0.2, 0.25) is 0 Å². The van der Waals surface area contributed by atoms with Crippen molar-refractivity contribution in [3.05, 3.63) is 29.8 Å². The van der Waals surface area contributed by atoms with Crippen molar-refractivity contribution < 1.29 is 17.9 Å². The minimum absolute atomic E-state index is 0.231. The van der Waals surface area contributed by atoms with E-state index in [1.54, 1.807) is 24.3 Å². The van der Waals surface area contributed by atoms with Gasteiger partial charge in [-0.25, -0.2) is 13.8 Å². The Kier molecular flexibility index (Phi) is 4.94. The molecule has 0 atom stereocenters. The van der Waals surface area contributed by atoms with Gasteiger partial charge in [-0.1, -0.05) is 30.5 Å². The molecule has 1 amide bonds. The van der Waals surface area contributed by atoms with Crippen LogP contribution in [0.1, 0.15) is 31.2 Å². The minimum Gasteiger partial charge on any atom is -0.378 e. The average Bonchev–Trinajstić information content (AvgIpc) is 2.93. The second kappa shape index (κ2) is 6.82. The number of amides is 1. The van der Waals surface area contributed by atoms with Crippen LogP contribution in [0.3, 0.4) is 0 Å². The molecule has 0 aromatic heterocycles. The van der Waals surface area contributed by atoms with Crippen molar-refractivity contribution in [1.29, 1.82) is 0 Å². The molecule has 0 unspecified atom stereocenters. The fourth-order valence-electron chi connectivity index (χ4n) is 3.50. The number of carbonyl (C=O) groups is 1. The van der Waals surface area contributed by atoms with E-state index in [0.717, 1.165) is 18.4 Å². The molecule has 1 aliphatic heterocycles. The maximum absolute atomic E-state index is 13.3. The first-order valence-corrected chi connectivity index (χ1v) is 9.90. The number of hydrogen-bond donors (Lipinski definition) is 1. The first-order chi connectivity index (χ1) is 11.5. The summed E-state index contributed by atoms with van der Waals surface area (Å²) in [5, 5.41) is 1.45. The summed E-state index contributed by atoms with van der Waals surface area (Å²) in [5.41, 5.74) is 4.00. The van der Waals surface area contributed by atoms with Crippen LogP contribution in [0.2, 0.25) is 0 Å². The van der Waals surface area contributed by atoms with Crippen molar-refractivity contribution in [2.45, 2.75) is 42.2 Å². The molecular formula is C17H24N2O4S. The van der Waals surface area contributed by atoms with Gasteiger partial charge in [-0.3, -0.25) is 9.80 Å². The third kappa shape index (κ3) is 2.96. The zero-order chi connectivity index (χ0) is 17.2. The number of ether oxygens (including phenoxy) is 1. The number of sulfone groups is 1. The molecule has 0 spiro atoms. The van der Waals surface area contributed by atoms with Crippen molar-refractivity contribution in [2.75, 3.05) is 26.3 Å². The molecule has 1 aromatic rings. The highest BCUT2D eigenvalue weighted by Gasteiger charge is 2.54. The Labute approximate surface area is 143 Å². The van der Waals surface area contributed by atoms with Crippen LogP contribution in [-0.4, -0.2) is 50.4 Å². The number of hydrazine groups is 1. The van der Waals surface area contributed by atoms with Gasteiger partial charge in [0, 0.05) is 6.54 Å². The lowest BCUT2D eigenvalue weighted by molar-refractivity contribution is -0.137. The van der Waals surface area contributed by atoms with Gasteiger partial charge >= 0.3 is 0 Å². The van der Waals surface area contributed by atoms with Crippen molar-refractivity contribution in [3.63, 3.8) is 0 Å². The maximum atomic E-state index is 13.3. The third-order valence-electron chi connectivity index (χ3n) is 4.90. The second-order valence-electron chi connectivity index (χ2n) is 6.50. The molecule has 2 aliphatic rings. The predicted molar refractivity (Wildman–Crippen MR) is 90.1 cm³/mol. The van der Waals surface area contributed by atoms with E-state index in [9.17, 15) is 13.2 Å². The van der Waals surface area contributed by atoms with E-state index in [1.807, 2.05) is 6.92 Å². The number of aryl methyl sites for hydroxylation is 1. The van der Waals surface area contributed by atoms with Gasteiger partial charge in [0.1, 0.15) is 0 Å². The monoisotopic (exact) mass is 352 g/mol. The molecule has 24 heavy (non-hydrogen) atoms. The number of carbonyl (C=O) groups excluding carboxylic acids is 1. The summed E-state index contributed by atoms with van der Waals surface area (Å²) in [6, 6.07) is 6.77. The highest BCUT2D eigenvalue weighted by molar-refractivity contribution is 7.93. The van der Waals surface area contributed by atoms with E-state index < -0.39 is 14.6 Å². The summed E-state index contributed by atoms with van der Waals surface area (Å²) in [7, 11) is -3.75. The number of hydrogen-bond acceptors (Lipinski definition) is 5. The lowest BCUT2D eigenvalue weighted by atomic mass is 10.1. The van der Waals surface area contributed by atoms with Crippen molar-refractivity contribution >= 4 is 15.7 Å². The van der Waals surface area contributed by atoms with Crippen LogP contribution in [0.5, 0.6) is 0 Å². The number of rotatable bonds is 3. The van der Waals surface area contributed by atoms with Crippen LogP contribution in [-0.2, 0) is 19.4 Å². The highest BCUT2D eigenvalue weighted by atomic mass is 32.2. The fourth-order valence-corrected chi connectivity index (χ4v) is 5.61. The topological polar surface area (TPSA) is 75.7 Å². The van der Waals surface area contributed by atoms with E-state index in [4.69, 9.17) is 4.74 Å². The Morgan fingerprint density at radius 3 is 2.50 bits per heavy atom. The molecular weight excluding hydrogens is 328 g/mol. The maximum Gasteiger partial charge on any atom is 0.258 e. The van der Waals surface area contributed by atoms with Crippen LogP contribution in [0, 0.1) is 6.92 Å². The van der Waals surface area contributed by atoms with E-state index in [1.165, 1.54) is 5.01 Å². The molecule has 1 saturated carbocycles. The first kappa shape index (κ1) is 17.4. The van der Waals surface area contributed by atoms with Gasteiger partial charge in [0.15, 0.2) is 14.6 Å². The van der Waals surface area contributed by atoms with Crippen LogP contribution in [0.25, 0.3) is 0 Å². The summed E-state index contributed by atoms with van der Waals surface area (Å²) in [6.07, 6.45) is 2.25. The zero-order valence-electron chi connectivity index (χ0n) is 14.0. The minimum atomic E-state index is -3.75. The second-order valence-corrected chi connectivity index (χ2v) is 8.75. The van der Waals surface area contributed by atoms with Gasteiger partial charge in [-0.05, 0) is 31.9 Å². The summed E-state index contributed by atoms with van der Waals surface area (Å²) in [6.45, 7) is 3.71. The SMILES string of the molecule is Cc1ccc(S(=O)(=O)C2(C(=O)N3CCOCCN3)CCCC2)cc1. The summed E-state index contributed by atoms with van der Waals surface area (Å²) in [4.78, 5) is 13.4. The summed E-state index contributed by atoms with van der Waals surface area (Å²) in [5.74, 6) is -0.342. The molecule has 6 nitrogen and oxygen atoms in total. The van der Waals surface area contributed by atoms with Gasteiger partial charge < -0.3 is 4.74 Å². The molecule has 1 aromatic carbocycles. The Bertz CT molecular complexity index is 686. The lowest BCUT2D eigenvalue weighted by Crippen LogP contribution is -2.56. The normalized spacial score (nSPS) is 21.5. The van der Waals surface area contributed by atoms with Gasteiger partial charge in [-0.2, -0.15) is 0 Å². The standard InChI is InChI=1S/C17H24N2O4S/c1-14-4-6-15(7-5-14)24(21,22)17(8-2-3-9-17)16(20)19-11-13-23-12-10-18-19/h4-7,18H,2-3,8-13H2,1H3. The molecule has 0 radical (unpaired) electrons. The van der Waals surface area contributed by atoms with Gasteiger partial charge in [0.05, 0.1) is 24.7 Å². The summed E-state index contributed by atoms with van der Waals surface area (Å²) < 4.78 is 30.6. The van der Waals surface area contributed by atoms with Crippen molar-refractivity contribution in [1.82, 2.24) is 10.4 Å². The van der Waals surface area contributed by atoms with E-state index in [0.29, 0.717) is 39.1 Å². The molecule has 3 rings (SSSR count). The number of benzene rings is 1. The molecule has 1 saturated heterocycles. The summed E-state index contributed by atoms with van der Waals surface area (Å²) >= 11 is 0. The van der Waals surface area contributed by atoms with E-state index in [-0.39, 0.29) is 10.8 Å². The largest absolute Gasteiger partial charge is 0.378 e.